The fourth-order valence-electron chi connectivity index (χ4n) is 3.07. The zero-order valence-corrected chi connectivity index (χ0v) is 18.1. The van der Waals surface area contributed by atoms with Crippen molar-refractivity contribution in [2.75, 3.05) is 19.5 Å². The van der Waals surface area contributed by atoms with Crippen LogP contribution < -0.4 is 14.8 Å². The summed E-state index contributed by atoms with van der Waals surface area (Å²) < 4.78 is 12.6. The van der Waals surface area contributed by atoms with Crippen LogP contribution in [0.4, 0.5) is 5.82 Å². The number of benzene rings is 1. The van der Waals surface area contributed by atoms with Crippen LogP contribution in [0.5, 0.6) is 11.5 Å². The molecule has 4 rings (SSSR count). The van der Waals surface area contributed by atoms with Gasteiger partial charge in [0.15, 0.2) is 11.5 Å². The molecule has 0 radical (unpaired) electrons. The average molecular weight is 430 g/mol. The van der Waals surface area contributed by atoms with Gasteiger partial charge < -0.3 is 14.8 Å². The maximum Gasteiger partial charge on any atom is 0.238 e. The number of ether oxygens (including phenoxy) is 2. The molecule has 0 bridgehead atoms. The molecule has 7 nitrogen and oxygen atoms in total. The molecule has 9 heteroatoms. The zero-order chi connectivity index (χ0) is 20.5. The predicted molar refractivity (Wildman–Crippen MR) is 116 cm³/mol. The van der Waals surface area contributed by atoms with Gasteiger partial charge in [0, 0.05) is 23.8 Å². The second-order valence-electron chi connectivity index (χ2n) is 6.41. The number of fused-ring (bicyclic) bond motifs is 1. The van der Waals surface area contributed by atoms with Crippen molar-refractivity contribution < 1.29 is 9.47 Å². The molecule has 0 fully saturated rings. The summed E-state index contributed by atoms with van der Waals surface area (Å²) in [5, 5.41) is 4.91. The number of hydrogen-bond acceptors (Lipinski definition) is 7. The Hall–Kier alpha value is -2.84. The van der Waals surface area contributed by atoms with E-state index >= 15 is 0 Å². The van der Waals surface area contributed by atoms with Crippen molar-refractivity contribution >= 4 is 39.0 Å². The van der Waals surface area contributed by atoms with Crippen molar-refractivity contribution in [2.45, 2.75) is 20.4 Å². The normalized spacial score (nSPS) is 11.1. The van der Waals surface area contributed by atoms with Crippen LogP contribution in [0.25, 0.3) is 16.2 Å². The molecule has 0 aliphatic heterocycles. The molecule has 0 amide bonds. The van der Waals surface area contributed by atoms with Gasteiger partial charge in [0.25, 0.3) is 0 Å². The van der Waals surface area contributed by atoms with Crippen LogP contribution in [0.15, 0.2) is 30.6 Å². The third kappa shape index (κ3) is 3.61. The van der Waals surface area contributed by atoms with E-state index in [9.17, 15) is 0 Å². The average Bonchev–Trinajstić information content (AvgIpc) is 3.28. The summed E-state index contributed by atoms with van der Waals surface area (Å²) in [6, 6.07) is 5.80. The van der Waals surface area contributed by atoms with Gasteiger partial charge in [0.1, 0.15) is 16.5 Å². The van der Waals surface area contributed by atoms with Gasteiger partial charge in [-0.3, -0.25) is 4.57 Å². The van der Waals surface area contributed by atoms with E-state index < -0.39 is 0 Å². The van der Waals surface area contributed by atoms with E-state index in [1.807, 2.05) is 42.8 Å². The van der Waals surface area contributed by atoms with E-state index in [2.05, 4.69) is 10.3 Å². The first-order valence-electron chi connectivity index (χ1n) is 8.93. The molecule has 1 N–H and O–H groups in total. The fourth-order valence-corrected chi connectivity index (χ4v) is 4.33. The Morgan fingerprint density at radius 2 is 1.93 bits per heavy atom. The molecule has 3 aromatic heterocycles. The third-order valence-corrected chi connectivity index (χ3v) is 6.18. The van der Waals surface area contributed by atoms with Gasteiger partial charge in [-0.1, -0.05) is 17.7 Å². The van der Waals surface area contributed by atoms with E-state index in [-0.39, 0.29) is 0 Å². The number of aromatic nitrogens is 4. The SMILES string of the molecule is COc1ccc(CNc2nc(-n3ccnc3C)nc3sc(C)c(Cl)c23)cc1OC. The summed E-state index contributed by atoms with van der Waals surface area (Å²) in [5.74, 6) is 3.42. The topological polar surface area (TPSA) is 74.1 Å². The van der Waals surface area contributed by atoms with Crippen molar-refractivity contribution in [2.24, 2.45) is 0 Å². The molecule has 0 unspecified atom stereocenters. The standard InChI is InChI=1S/C20H20ClN5O2S/c1-11-17(21)16-18(23-10-13-5-6-14(27-3)15(9-13)28-4)24-20(25-19(16)29-11)26-8-7-22-12(26)2/h5-9H,10H2,1-4H3,(H,23,24,25). The van der Waals surface area contributed by atoms with Crippen LogP contribution in [-0.2, 0) is 6.54 Å². The predicted octanol–water partition coefficient (Wildman–Crippen LogP) is 4.78. The lowest BCUT2D eigenvalue weighted by Gasteiger charge is -2.12. The number of nitrogens with zero attached hydrogens (tertiary/aromatic N) is 4. The van der Waals surface area contributed by atoms with Gasteiger partial charge in [-0.2, -0.15) is 4.98 Å². The summed E-state index contributed by atoms with van der Waals surface area (Å²) in [6.45, 7) is 4.44. The van der Waals surface area contributed by atoms with Crippen molar-refractivity contribution in [1.82, 2.24) is 19.5 Å². The van der Waals surface area contributed by atoms with E-state index in [4.69, 9.17) is 31.0 Å². The van der Waals surface area contributed by atoms with E-state index in [1.165, 1.54) is 0 Å². The Labute approximate surface area is 177 Å². The van der Waals surface area contributed by atoms with Gasteiger partial charge in [-0.15, -0.1) is 11.3 Å². The van der Waals surface area contributed by atoms with E-state index in [0.29, 0.717) is 34.8 Å². The van der Waals surface area contributed by atoms with E-state index in [0.717, 1.165) is 26.5 Å². The van der Waals surface area contributed by atoms with Crippen molar-refractivity contribution in [3.8, 4) is 17.4 Å². The summed E-state index contributed by atoms with van der Waals surface area (Å²) in [7, 11) is 3.24. The Morgan fingerprint density at radius 3 is 2.62 bits per heavy atom. The highest BCUT2D eigenvalue weighted by molar-refractivity contribution is 7.19. The van der Waals surface area contributed by atoms with Gasteiger partial charge in [0.2, 0.25) is 5.95 Å². The summed E-state index contributed by atoms with van der Waals surface area (Å²) in [6.07, 6.45) is 3.57. The zero-order valence-electron chi connectivity index (χ0n) is 16.5. The molecule has 0 saturated carbocycles. The number of imidazole rings is 1. The van der Waals surface area contributed by atoms with Crippen molar-refractivity contribution in [3.63, 3.8) is 0 Å². The minimum Gasteiger partial charge on any atom is -0.493 e. The number of hydrogen-bond donors (Lipinski definition) is 1. The molecule has 150 valence electrons. The lowest BCUT2D eigenvalue weighted by atomic mass is 10.2. The number of aryl methyl sites for hydroxylation is 2. The number of methoxy groups -OCH3 is 2. The summed E-state index contributed by atoms with van der Waals surface area (Å²) >= 11 is 8.11. The van der Waals surface area contributed by atoms with Crippen LogP contribution in [-0.4, -0.2) is 33.7 Å². The lowest BCUT2D eigenvalue weighted by Crippen LogP contribution is -2.07. The maximum absolute atomic E-state index is 6.56. The first-order chi connectivity index (χ1) is 14.0. The van der Waals surface area contributed by atoms with Crippen molar-refractivity contribution in [1.29, 1.82) is 0 Å². The second-order valence-corrected chi connectivity index (χ2v) is 7.99. The fraction of sp³-hybridized carbons (Fsp3) is 0.250. The molecule has 0 aliphatic rings. The number of anilines is 1. The molecular formula is C20H20ClN5O2S. The van der Waals surface area contributed by atoms with Crippen LogP contribution in [0.1, 0.15) is 16.3 Å². The minimum atomic E-state index is 0.542. The van der Waals surface area contributed by atoms with Gasteiger partial charge >= 0.3 is 0 Å². The Kier molecular flexibility index (Phi) is 5.29. The molecule has 0 saturated heterocycles. The number of halogens is 1. The maximum atomic E-state index is 6.56. The monoisotopic (exact) mass is 429 g/mol. The molecular weight excluding hydrogens is 410 g/mol. The minimum absolute atomic E-state index is 0.542. The highest BCUT2D eigenvalue weighted by Gasteiger charge is 2.17. The first-order valence-corrected chi connectivity index (χ1v) is 10.1. The van der Waals surface area contributed by atoms with Gasteiger partial charge in [-0.25, -0.2) is 9.97 Å². The highest BCUT2D eigenvalue weighted by Crippen LogP contribution is 2.38. The molecule has 3 heterocycles. The molecule has 4 aromatic rings. The Bertz CT molecular complexity index is 1190. The molecule has 0 atom stereocenters. The highest BCUT2D eigenvalue weighted by atomic mass is 35.5. The third-order valence-electron chi connectivity index (χ3n) is 4.59. The van der Waals surface area contributed by atoms with Crippen LogP contribution in [0, 0.1) is 13.8 Å². The molecule has 29 heavy (non-hydrogen) atoms. The first kappa shape index (κ1) is 19.5. The quantitative estimate of drug-likeness (QED) is 0.475. The van der Waals surface area contributed by atoms with Crippen LogP contribution >= 0.6 is 22.9 Å². The van der Waals surface area contributed by atoms with Gasteiger partial charge in [-0.05, 0) is 31.5 Å². The van der Waals surface area contributed by atoms with E-state index in [1.54, 1.807) is 31.8 Å². The number of thiophene rings is 1. The van der Waals surface area contributed by atoms with Gasteiger partial charge in [0.05, 0.1) is 24.6 Å². The molecule has 0 spiro atoms. The second kappa shape index (κ2) is 7.88. The van der Waals surface area contributed by atoms with Crippen LogP contribution in [0.2, 0.25) is 5.02 Å². The largest absolute Gasteiger partial charge is 0.493 e. The smallest absolute Gasteiger partial charge is 0.238 e. The van der Waals surface area contributed by atoms with Crippen molar-refractivity contribution in [3.05, 3.63) is 51.9 Å². The number of rotatable bonds is 6. The Morgan fingerprint density at radius 1 is 1.14 bits per heavy atom. The summed E-state index contributed by atoms with van der Waals surface area (Å²) in [5.41, 5.74) is 1.03. The van der Waals surface area contributed by atoms with Crippen LogP contribution in [0.3, 0.4) is 0 Å². The number of nitrogens with one attached hydrogen (secondary N) is 1. The Balaban J connectivity index is 1.73. The molecule has 1 aromatic carbocycles. The summed E-state index contributed by atoms with van der Waals surface area (Å²) in [4.78, 5) is 15.5. The lowest BCUT2D eigenvalue weighted by molar-refractivity contribution is 0.354. The molecule has 0 aliphatic carbocycles.